The van der Waals surface area contributed by atoms with Gasteiger partial charge in [-0.05, 0) is 0 Å². The first kappa shape index (κ1) is 11.0. The summed E-state index contributed by atoms with van der Waals surface area (Å²) in [6.45, 7) is 0. The molecule has 2 atom stereocenters. The van der Waals surface area contributed by atoms with Crippen LogP contribution in [0.15, 0.2) is 0 Å². The van der Waals surface area contributed by atoms with Crippen LogP contribution >= 0.6 is 0 Å². The molecule has 2 N–H and O–H groups in total. The van der Waals surface area contributed by atoms with Crippen molar-refractivity contribution >= 4 is 33.0 Å². The van der Waals surface area contributed by atoms with Crippen LogP contribution in [0.4, 0.5) is 7.77 Å². The molecular formula is H2F2N2O4S3. The molecule has 2 unspecified atom stereocenters. The zero-order valence-electron chi connectivity index (χ0n) is 4.61. The normalized spacial score (nSPS) is 17.6. The summed E-state index contributed by atoms with van der Waals surface area (Å²) in [4.78, 5) is 0. The molecule has 0 amide bonds. The number of hydrogen-bond donors (Lipinski definition) is 2. The van der Waals surface area contributed by atoms with Crippen molar-refractivity contribution in [3.63, 3.8) is 0 Å². The summed E-state index contributed by atoms with van der Waals surface area (Å²) in [5.74, 6) is 0. The summed E-state index contributed by atoms with van der Waals surface area (Å²) in [7, 11) is -5.18. The molecule has 0 bridgehead atoms. The van der Waals surface area contributed by atoms with E-state index in [9.17, 15) is 24.6 Å². The molecular weight excluding hydrogens is 226 g/mol. The minimum atomic E-state index is -5.18. The number of rotatable bonds is 4. The molecule has 0 fully saturated rings. The second kappa shape index (κ2) is 4.15. The fraction of sp³-hybridized carbons (Fsp3) is 0. The number of nitrogens with one attached hydrogen (secondary N) is 2. The van der Waals surface area contributed by atoms with E-state index in [0.29, 0.717) is 0 Å². The predicted molar refractivity (Wildman–Crippen MR) is 33.7 cm³/mol. The minimum Gasteiger partial charge on any atom is -0.223 e. The van der Waals surface area contributed by atoms with Crippen molar-refractivity contribution in [1.82, 2.24) is 8.25 Å². The summed E-state index contributed by atoms with van der Waals surface area (Å²) in [6.07, 6.45) is 0. The summed E-state index contributed by atoms with van der Waals surface area (Å²) in [6, 6.07) is 0. The zero-order chi connectivity index (χ0) is 9.07. The van der Waals surface area contributed by atoms with Crippen molar-refractivity contribution in [2.45, 2.75) is 0 Å². The molecule has 68 valence electrons. The largest absolute Gasteiger partial charge is 0.384 e. The molecule has 6 nitrogen and oxygen atoms in total. The lowest BCUT2D eigenvalue weighted by Crippen LogP contribution is -2.32. The fourth-order valence-corrected chi connectivity index (χ4v) is 1.81. The van der Waals surface area contributed by atoms with E-state index < -0.39 is 33.0 Å². The molecule has 0 heterocycles. The Balaban J connectivity index is 4.01. The van der Waals surface area contributed by atoms with Crippen LogP contribution in [0, 0.1) is 0 Å². The highest BCUT2D eigenvalue weighted by molar-refractivity contribution is 8.03. The van der Waals surface area contributed by atoms with Crippen LogP contribution in [0.3, 0.4) is 0 Å². The van der Waals surface area contributed by atoms with Gasteiger partial charge in [0.15, 0.2) is 11.2 Å². The summed E-state index contributed by atoms with van der Waals surface area (Å²) < 4.78 is 63.5. The monoisotopic (exact) mass is 228 g/mol. The first-order chi connectivity index (χ1) is 4.81. The van der Waals surface area contributed by atoms with Crippen molar-refractivity contribution in [2.24, 2.45) is 0 Å². The molecule has 11 heteroatoms. The lowest BCUT2D eigenvalue weighted by atomic mass is 13.8. The smallest absolute Gasteiger partial charge is 0.223 e. The van der Waals surface area contributed by atoms with Gasteiger partial charge in [0.05, 0.1) is 0 Å². The van der Waals surface area contributed by atoms with Crippen molar-refractivity contribution in [2.75, 3.05) is 0 Å². The molecule has 0 aromatic heterocycles. The first-order valence-corrected chi connectivity index (χ1v) is 5.38. The molecule has 0 aliphatic carbocycles. The second-order valence-corrected chi connectivity index (χ2v) is 4.29. The zero-order valence-corrected chi connectivity index (χ0v) is 7.06. The van der Waals surface area contributed by atoms with Gasteiger partial charge in [0.2, 0.25) is 0 Å². The van der Waals surface area contributed by atoms with Gasteiger partial charge in [-0.25, -0.2) is 8.42 Å². The highest BCUT2D eigenvalue weighted by atomic mass is 32.3. The van der Waals surface area contributed by atoms with Crippen LogP contribution < -0.4 is 8.25 Å². The Bertz CT molecular complexity index is 269. The quantitative estimate of drug-likeness (QED) is 0.573. The van der Waals surface area contributed by atoms with Crippen LogP contribution in [0.5, 0.6) is 0 Å². The Morgan fingerprint density at radius 2 is 1.73 bits per heavy atom. The lowest BCUT2D eigenvalue weighted by molar-refractivity contribution is 0.548. The molecule has 0 aromatic carbocycles. The van der Waals surface area contributed by atoms with Gasteiger partial charge in [0, 0.05) is 0 Å². The van der Waals surface area contributed by atoms with Crippen LogP contribution in [0.2, 0.25) is 0 Å². The second-order valence-electron chi connectivity index (χ2n) is 1.10. The molecule has 0 spiro atoms. The highest BCUT2D eigenvalue weighted by Gasteiger charge is 2.12. The van der Waals surface area contributed by atoms with Crippen LogP contribution in [0.1, 0.15) is 0 Å². The molecule has 0 radical (unpaired) electrons. The van der Waals surface area contributed by atoms with E-state index in [4.69, 9.17) is 0 Å². The Morgan fingerprint density at radius 3 is 2.00 bits per heavy atom. The summed E-state index contributed by atoms with van der Waals surface area (Å²) >= 11 is -5.93. The van der Waals surface area contributed by atoms with E-state index in [1.165, 1.54) is 0 Å². The average molecular weight is 228 g/mol. The van der Waals surface area contributed by atoms with Gasteiger partial charge in [-0.15, -0.1) is 8.01 Å². The van der Waals surface area contributed by atoms with Gasteiger partial charge in [-0.2, -0.15) is 8.42 Å². The lowest BCUT2D eigenvalue weighted by Gasteiger charge is -1.94. The van der Waals surface area contributed by atoms with Crippen LogP contribution in [0.25, 0.3) is 0 Å². The number of hydrogen-bond acceptors (Lipinski definition) is 4. The van der Waals surface area contributed by atoms with Gasteiger partial charge in [0.1, 0.15) is 0 Å². The van der Waals surface area contributed by atoms with E-state index in [2.05, 4.69) is 0 Å². The van der Waals surface area contributed by atoms with E-state index in [1.807, 2.05) is 0 Å². The maximum absolute atomic E-state index is 11.5. The standard InChI is InChI=1S/F2H2N2O4S3/c1-9(5)3-10(6)4-11(2,7)8/h3-4H. The molecule has 0 rings (SSSR count). The maximum atomic E-state index is 11.5. The maximum Gasteiger partial charge on any atom is 0.384 e. The molecule has 0 aliphatic rings. The molecule has 0 saturated heterocycles. The Morgan fingerprint density at radius 1 is 1.27 bits per heavy atom. The van der Waals surface area contributed by atoms with Crippen molar-refractivity contribution in [3.05, 3.63) is 0 Å². The van der Waals surface area contributed by atoms with Gasteiger partial charge < -0.3 is 0 Å². The summed E-state index contributed by atoms with van der Waals surface area (Å²) in [5, 5.41) is 0. The van der Waals surface area contributed by atoms with E-state index in [1.54, 1.807) is 0 Å². The molecule has 0 aliphatic heterocycles. The van der Waals surface area contributed by atoms with E-state index >= 15 is 0 Å². The van der Waals surface area contributed by atoms with Crippen LogP contribution in [-0.2, 0) is 33.0 Å². The summed E-state index contributed by atoms with van der Waals surface area (Å²) in [5.41, 5.74) is 0. The van der Waals surface area contributed by atoms with Gasteiger partial charge in [-0.3, -0.25) is 0 Å². The Kier molecular flexibility index (Phi) is 4.17. The highest BCUT2D eigenvalue weighted by Crippen LogP contribution is 1.85. The molecule has 11 heavy (non-hydrogen) atoms. The van der Waals surface area contributed by atoms with Crippen molar-refractivity contribution in [1.29, 1.82) is 0 Å². The first-order valence-electron chi connectivity index (χ1n) is 1.79. The third-order valence-corrected chi connectivity index (χ3v) is 2.85. The van der Waals surface area contributed by atoms with Gasteiger partial charge in [-0.1, -0.05) is 8.01 Å². The van der Waals surface area contributed by atoms with Crippen molar-refractivity contribution < 1.29 is 24.6 Å². The molecule has 0 aromatic rings. The average Bonchev–Trinajstić information content (AvgIpc) is 1.53. The van der Waals surface area contributed by atoms with Crippen molar-refractivity contribution in [3.8, 4) is 0 Å². The Labute approximate surface area is 66.3 Å². The van der Waals surface area contributed by atoms with E-state index in [-0.39, 0.29) is 0 Å². The number of halogens is 2. The Hall–Kier alpha value is 0.0300. The molecule has 0 saturated carbocycles. The third kappa shape index (κ3) is 7.93. The van der Waals surface area contributed by atoms with Crippen LogP contribution in [-0.4, -0.2) is 16.8 Å². The predicted octanol–water partition coefficient (Wildman–Crippen LogP) is -1.49. The van der Waals surface area contributed by atoms with E-state index in [0.717, 1.165) is 8.25 Å². The minimum absolute atomic E-state index is 0.784. The SMILES string of the molecule is O=S(F)NS(=O)NS(=O)(=O)F. The topological polar surface area (TPSA) is 92.3 Å². The fourth-order valence-electron chi connectivity index (χ4n) is 0.167. The van der Waals surface area contributed by atoms with Gasteiger partial charge in [0.25, 0.3) is 11.4 Å². The third-order valence-electron chi connectivity index (χ3n) is 0.316. The van der Waals surface area contributed by atoms with Gasteiger partial charge >= 0.3 is 10.4 Å².